The zero-order chi connectivity index (χ0) is 11.0. The number of ketones is 1. The number of carbonyl (C=O) groups excluding carboxylic acids is 1. The van der Waals surface area contributed by atoms with Gasteiger partial charge in [-0.15, -0.1) is 0 Å². The van der Waals surface area contributed by atoms with Crippen LogP contribution in [-0.2, 0) is 14.9 Å². The van der Waals surface area contributed by atoms with Gasteiger partial charge in [-0.05, 0) is 24.8 Å². The van der Waals surface area contributed by atoms with E-state index < -0.39 is 0 Å². The zero-order valence-corrected chi connectivity index (χ0v) is 9.32. The van der Waals surface area contributed by atoms with E-state index in [2.05, 4.69) is 12.1 Å². The molecular weight excluding hydrogens is 200 g/mol. The van der Waals surface area contributed by atoms with Gasteiger partial charge in [-0.1, -0.05) is 30.3 Å². The molecule has 84 valence electrons. The number of ether oxygens (including phenoxy) is 1. The number of hydrogen-bond donors (Lipinski definition) is 0. The van der Waals surface area contributed by atoms with Crippen molar-refractivity contribution in [3.8, 4) is 0 Å². The predicted octanol–water partition coefficient (Wildman–Crippen LogP) is 2.32. The van der Waals surface area contributed by atoms with Gasteiger partial charge in [-0.2, -0.15) is 0 Å². The van der Waals surface area contributed by atoms with Crippen molar-refractivity contribution in [3.63, 3.8) is 0 Å². The summed E-state index contributed by atoms with van der Waals surface area (Å²) in [5.41, 5.74) is 1.05. The number of hydrogen-bond acceptors (Lipinski definition) is 2. The Balaban J connectivity index is 1.86. The van der Waals surface area contributed by atoms with Crippen molar-refractivity contribution in [1.82, 2.24) is 0 Å². The predicted molar refractivity (Wildman–Crippen MR) is 61.3 cm³/mol. The van der Waals surface area contributed by atoms with Gasteiger partial charge in [0, 0.05) is 12.5 Å². The first kappa shape index (κ1) is 10.0. The van der Waals surface area contributed by atoms with Gasteiger partial charge in [-0.25, -0.2) is 0 Å². The lowest BCUT2D eigenvalue weighted by Gasteiger charge is -2.17. The molecule has 1 aliphatic heterocycles. The molecule has 0 N–H and O–H groups in total. The summed E-state index contributed by atoms with van der Waals surface area (Å²) < 4.78 is 5.32. The quantitative estimate of drug-likeness (QED) is 0.775. The molecule has 1 aromatic rings. The molecule has 1 saturated carbocycles. The molecule has 1 aromatic carbocycles. The van der Waals surface area contributed by atoms with Gasteiger partial charge >= 0.3 is 0 Å². The van der Waals surface area contributed by atoms with E-state index in [1.807, 2.05) is 18.2 Å². The summed E-state index contributed by atoms with van der Waals surface area (Å²) in [6.07, 6.45) is 2.95. The minimum absolute atomic E-state index is 0.141. The molecule has 0 bridgehead atoms. The maximum Gasteiger partial charge on any atom is 0.148 e. The summed E-state index contributed by atoms with van der Waals surface area (Å²) >= 11 is 0. The molecule has 1 atom stereocenters. The minimum Gasteiger partial charge on any atom is -0.381 e. The first-order chi connectivity index (χ1) is 7.83. The fourth-order valence-electron chi connectivity index (χ4n) is 2.69. The van der Waals surface area contributed by atoms with Gasteiger partial charge < -0.3 is 4.74 Å². The molecule has 0 amide bonds. The Morgan fingerprint density at radius 3 is 2.56 bits per heavy atom. The lowest BCUT2D eigenvalue weighted by Crippen LogP contribution is -2.28. The summed E-state index contributed by atoms with van der Waals surface area (Å²) in [5, 5.41) is 0. The van der Waals surface area contributed by atoms with E-state index in [-0.39, 0.29) is 11.3 Å². The Labute approximate surface area is 95.6 Å². The Bertz CT molecular complexity index is 386. The van der Waals surface area contributed by atoms with Crippen LogP contribution in [0.3, 0.4) is 0 Å². The van der Waals surface area contributed by atoms with Crippen LogP contribution in [0.5, 0.6) is 0 Å². The number of Topliss-reactive ketones (excluding diaryl/α,β-unsaturated/α-hetero) is 1. The van der Waals surface area contributed by atoms with Gasteiger partial charge in [0.15, 0.2) is 0 Å². The second kappa shape index (κ2) is 3.70. The smallest absolute Gasteiger partial charge is 0.148 e. The van der Waals surface area contributed by atoms with Crippen molar-refractivity contribution < 1.29 is 9.53 Å². The van der Waals surface area contributed by atoms with Gasteiger partial charge in [0.1, 0.15) is 5.78 Å². The molecule has 0 spiro atoms. The van der Waals surface area contributed by atoms with E-state index in [1.165, 1.54) is 5.56 Å². The Morgan fingerprint density at radius 2 is 2.00 bits per heavy atom. The molecule has 1 aliphatic carbocycles. The largest absolute Gasteiger partial charge is 0.381 e. The van der Waals surface area contributed by atoms with E-state index in [4.69, 9.17) is 4.74 Å². The van der Waals surface area contributed by atoms with Crippen LogP contribution in [0.2, 0.25) is 0 Å². The van der Waals surface area contributed by atoms with Crippen molar-refractivity contribution in [2.24, 2.45) is 5.92 Å². The highest BCUT2D eigenvalue weighted by molar-refractivity contribution is 5.95. The molecule has 16 heavy (non-hydrogen) atoms. The molecule has 1 saturated heterocycles. The van der Waals surface area contributed by atoms with Gasteiger partial charge in [-0.3, -0.25) is 4.79 Å². The molecule has 1 heterocycles. The van der Waals surface area contributed by atoms with Gasteiger partial charge in [0.2, 0.25) is 0 Å². The van der Waals surface area contributed by atoms with Crippen LogP contribution in [0.15, 0.2) is 30.3 Å². The molecule has 2 aliphatic rings. The SMILES string of the molecule is O=C(C1CCOC1)C1(c2ccccc2)CC1. The summed E-state index contributed by atoms with van der Waals surface area (Å²) in [5.74, 6) is 0.555. The molecule has 0 aromatic heterocycles. The summed E-state index contributed by atoms with van der Waals surface area (Å²) in [6.45, 7) is 1.38. The van der Waals surface area contributed by atoms with Crippen LogP contribution in [-0.4, -0.2) is 19.0 Å². The average molecular weight is 216 g/mol. The van der Waals surface area contributed by atoms with E-state index in [1.54, 1.807) is 0 Å². The zero-order valence-electron chi connectivity index (χ0n) is 9.32. The topological polar surface area (TPSA) is 26.3 Å². The average Bonchev–Trinajstić information content (AvgIpc) is 2.97. The monoisotopic (exact) mass is 216 g/mol. The fraction of sp³-hybridized carbons (Fsp3) is 0.500. The third-order valence-electron chi connectivity index (χ3n) is 3.85. The van der Waals surface area contributed by atoms with E-state index in [0.29, 0.717) is 12.4 Å². The first-order valence-electron chi connectivity index (χ1n) is 6.00. The van der Waals surface area contributed by atoms with Crippen molar-refractivity contribution in [2.75, 3.05) is 13.2 Å². The maximum atomic E-state index is 12.5. The molecule has 3 rings (SSSR count). The lowest BCUT2D eigenvalue weighted by atomic mass is 9.84. The Kier molecular flexibility index (Phi) is 2.32. The second-order valence-electron chi connectivity index (χ2n) is 4.87. The number of carbonyl (C=O) groups is 1. The highest BCUT2D eigenvalue weighted by Gasteiger charge is 2.53. The summed E-state index contributed by atoms with van der Waals surface area (Å²) in [6, 6.07) is 10.2. The van der Waals surface area contributed by atoms with E-state index in [0.717, 1.165) is 25.9 Å². The van der Waals surface area contributed by atoms with Crippen LogP contribution < -0.4 is 0 Å². The molecule has 1 unspecified atom stereocenters. The van der Waals surface area contributed by atoms with Crippen LogP contribution in [0.1, 0.15) is 24.8 Å². The van der Waals surface area contributed by atoms with Gasteiger partial charge in [0.05, 0.1) is 12.0 Å². The van der Waals surface area contributed by atoms with Crippen LogP contribution in [0.25, 0.3) is 0 Å². The third kappa shape index (κ3) is 1.49. The minimum atomic E-state index is -0.153. The van der Waals surface area contributed by atoms with Gasteiger partial charge in [0.25, 0.3) is 0 Å². The van der Waals surface area contributed by atoms with Crippen LogP contribution in [0, 0.1) is 5.92 Å². The van der Waals surface area contributed by atoms with Crippen molar-refractivity contribution in [2.45, 2.75) is 24.7 Å². The van der Waals surface area contributed by atoms with E-state index >= 15 is 0 Å². The fourth-order valence-corrected chi connectivity index (χ4v) is 2.69. The Morgan fingerprint density at radius 1 is 1.25 bits per heavy atom. The molecule has 0 radical (unpaired) electrons. The molecule has 2 heteroatoms. The molecule has 2 fully saturated rings. The highest BCUT2D eigenvalue weighted by Crippen LogP contribution is 2.51. The highest BCUT2D eigenvalue weighted by atomic mass is 16.5. The third-order valence-corrected chi connectivity index (χ3v) is 3.85. The van der Waals surface area contributed by atoms with Crippen molar-refractivity contribution in [1.29, 1.82) is 0 Å². The van der Waals surface area contributed by atoms with Crippen molar-refractivity contribution in [3.05, 3.63) is 35.9 Å². The van der Waals surface area contributed by atoms with Crippen molar-refractivity contribution >= 4 is 5.78 Å². The normalized spacial score (nSPS) is 26.6. The standard InChI is InChI=1S/C14H16O2/c15-13(11-6-9-16-10-11)14(7-8-14)12-4-2-1-3-5-12/h1-5,11H,6-10H2. The number of benzene rings is 1. The first-order valence-corrected chi connectivity index (χ1v) is 6.00. The second-order valence-corrected chi connectivity index (χ2v) is 4.87. The lowest BCUT2D eigenvalue weighted by molar-refractivity contribution is -0.125. The molecule has 2 nitrogen and oxygen atoms in total. The van der Waals surface area contributed by atoms with Crippen LogP contribution in [0.4, 0.5) is 0 Å². The number of rotatable bonds is 3. The summed E-state index contributed by atoms with van der Waals surface area (Å²) in [4.78, 5) is 12.5. The maximum absolute atomic E-state index is 12.5. The van der Waals surface area contributed by atoms with Crippen LogP contribution >= 0.6 is 0 Å². The summed E-state index contributed by atoms with van der Waals surface area (Å²) in [7, 11) is 0. The Hall–Kier alpha value is -1.15. The van der Waals surface area contributed by atoms with E-state index in [9.17, 15) is 4.79 Å². The molecular formula is C14H16O2.